The van der Waals surface area contributed by atoms with Crippen molar-refractivity contribution in [3.05, 3.63) is 0 Å². The van der Waals surface area contributed by atoms with Gasteiger partial charge in [0.05, 0.1) is 0 Å². The Kier molecular flexibility index (Phi) is 2.86. The molecule has 0 aromatic rings. The van der Waals surface area contributed by atoms with Crippen LogP contribution in [0.3, 0.4) is 0 Å². The first-order chi connectivity index (χ1) is 4.68. The van der Waals surface area contributed by atoms with Crippen LogP contribution in [0.5, 0.6) is 0 Å². The smallest absolute Gasteiger partial charge is 0.0362 e. The zero-order valence-corrected chi connectivity index (χ0v) is 7.49. The van der Waals surface area contributed by atoms with Crippen LogP contribution in [0.2, 0.25) is 0 Å². The molecule has 0 saturated carbocycles. The first-order valence-corrected chi connectivity index (χ1v) is 5.21. The summed E-state index contributed by atoms with van der Waals surface area (Å²) in [7, 11) is 1.55. The standard InChI is InChI=1S/C7H15NOS/c1-7-5-8(2)3-4-10(9)6-7/h7H,3-6H2,1-2H3. The normalized spacial score (nSPS) is 37.4. The zero-order chi connectivity index (χ0) is 7.56. The minimum Gasteiger partial charge on any atom is -0.305 e. The van der Waals surface area contributed by atoms with E-state index >= 15 is 0 Å². The van der Waals surface area contributed by atoms with Gasteiger partial charge in [-0.15, -0.1) is 0 Å². The van der Waals surface area contributed by atoms with E-state index in [-0.39, 0.29) is 0 Å². The third kappa shape index (κ3) is 2.39. The molecule has 0 amide bonds. The van der Waals surface area contributed by atoms with Gasteiger partial charge < -0.3 is 4.90 Å². The second-order valence-corrected chi connectivity index (χ2v) is 4.80. The molecule has 1 heterocycles. The second kappa shape index (κ2) is 3.49. The SMILES string of the molecule is CC1CN(C)CCS(=O)C1. The van der Waals surface area contributed by atoms with Crippen molar-refractivity contribution >= 4 is 10.8 Å². The highest BCUT2D eigenvalue weighted by molar-refractivity contribution is 7.85. The Morgan fingerprint density at radius 2 is 2.30 bits per heavy atom. The molecule has 0 spiro atoms. The van der Waals surface area contributed by atoms with E-state index in [9.17, 15) is 4.21 Å². The Morgan fingerprint density at radius 1 is 1.60 bits per heavy atom. The van der Waals surface area contributed by atoms with Crippen LogP contribution in [-0.2, 0) is 10.8 Å². The Hall–Kier alpha value is 0.110. The fraction of sp³-hybridized carbons (Fsp3) is 1.00. The Balaban J connectivity index is 2.46. The molecule has 0 aliphatic carbocycles. The molecule has 1 aliphatic rings. The van der Waals surface area contributed by atoms with Crippen LogP contribution in [0.25, 0.3) is 0 Å². The molecule has 0 aromatic carbocycles. The summed E-state index contributed by atoms with van der Waals surface area (Å²) in [4.78, 5) is 2.26. The monoisotopic (exact) mass is 161 g/mol. The summed E-state index contributed by atoms with van der Waals surface area (Å²) in [5.41, 5.74) is 0. The molecule has 0 aromatic heterocycles. The van der Waals surface area contributed by atoms with Crippen LogP contribution in [-0.4, -0.2) is 40.8 Å². The van der Waals surface area contributed by atoms with Crippen LogP contribution in [0.4, 0.5) is 0 Å². The quantitative estimate of drug-likeness (QED) is 0.510. The maximum atomic E-state index is 11.1. The lowest BCUT2D eigenvalue weighted by molar-refractivity contribution is 0.321. The Bertz CT molecular complexity index is 138. The van der Waals surface area contributed by atoms with E-state index in [2.05, 4.69) is 18.9 Å². The van der Waals surface area contributed by atoms with Crippen molar-refractivity contribution in [2.24, 2.45) is 5.92 Å². The van der Waals surface area contributed by atoms with Gasteiger partial charge in [0.2, 0.25) is 0 Å². The van der Waals surface area contributed by atoms with Crippen LogP contribution < -0.4 is 0 Å². The van der Waals surface area contributed by atoms with Crippen molar-refractivity contribution in [3.63, 3.8) is 0 Å². The largest absolute Gasteiger partial charge is 0.305 e. The van der Waals surface area contributed by atoms with Gasteiger partial charge in [-0.25, -0.2) is 0 Å². The van der Waals surface area contributed by atoms with E-state index < -0.39 is 10.8 Å². The van der Waals surface area contributed by atoms with E-state index in [1.165, 1.54) is 0 Å². The molecule has 2 unspecified atom stereocenters. The molecule has 1 aliphatic heterocycles. The topological polar surface area (TPSA) is 20.3 Å². The lowest BCUT2D eigenvalue weighted by atomic mass is 10.2. The summed E-state index contributed by atoms with van der Waals surface area (Å²) in [6, 6.07) is 0. The molecule has 2 atom stereocenters. The lowest BCUT2D eigenvalue weighted by Gasteiger charge is -2.14. The first kappa shape index (κ1) is 8.21. The molecular formula is C7H15NOS. The molecule has 2 nitrogen and oxygen atoms in total. The summed E-state index contributed by atoms with van der Waals surface area (Å²) in [6.45, 7) is 4.27. The van der Waals surface area contributed by atoms with Gasteiger partial charge in [0, 0.05) is 35.4 Å². The van der Waals surface area contributed by atoms with Crippen LogP contribution >= 0.6 is 0 Å². The van der Waals surface area contributed by atoms with Crippen molar-refractivity contribution in [2.75, 3.05) is 31.6 Å². The molecule has 0 bridgehead atoms. The third-order valence-corrected chi connectivity index (χ3v) is 3.37. The zero-order valence-electron chi connectivity index (χ0n) is 6.67. The third-order valence-electron chi connectivity index (χ3n) is 1.79. The summed E-state index contributed by atoms with van der Waals surface area (Å²) < 4.78 is 11.1. The number of hydrogen-bond acceptors (Lipinski definition) is 2. The molecule has 1 rings (SSSR count). The average Bonchev–Trinajstić information content (AvgIpc) is 1.93. The molecule has 60 valence electrons. The lowest BCUT2D eigenvalue weighted by Crippen LogP contribution is -2.24. The first-order valence-electron chi connectivity index (χ1n) is 3.72. The highest BCUT2D eigenvalue weighted by atomic mass is 32.2. The predicted molar refractivity (Wildman–Crippen MR) is 44.5 cm³/mol. The highest BCUT2D eigenvalue weighted by Crippen LogP contribution is 2.05. The van der Waals surface area contributed by atoms with E-state index in [1.807, 2.05) is 0 Å². The van der Waals surface area contributed by atoms with Gasteiger partial charge >= 0.3 is 0 Å². The van der Waals surface area contributed by atoms with E-state index in [0.717, 1.165) is 24.6 Å². The van der Waals surface area contributed by atoms with E-state index in [0.29, 0.717) is 5.92 Å². The van der Waals surface area contributed by atoms with Crippen LogP contribution in [0, 0.1) is 5.92 Å². The highest BCUT2D eigenvalue weighted by Gasteiger charge is 2.15. The van der Waals surface area contributed by atoms with Crippen LogP contribution in [0.15, 0.2) is 0 Å². The van der Waals surface area contributed by atoms with Gasteiger partial charge in [0.15, 0.2) is 0 Å². The maximum absolute atomic E-state index is 11.1. The molecule has 10 heavy (non-hydrogen) atoms. The molecule has 1 fully saturated rings. The van der Waals surface area contributed by atoms with Crippen molar-refractivity contribution in [1.82, 2.24) is 4.90 Å². The molecular weight excluding hydrogens is 146 g/mol. The molecule has 0 N–H and O–H groups in total. The van der Waals surface area contributed by atoms with Crippen molar-refractivity contribution < 1.29 is 4.21 Å². The Morgan fingerprint density at radius 3 is 3.00 bits per heavy atom. The van der Waals surface area contributed by atoms with Gasteiger partial charge in [-0.2, -0.15) is 0 Å². The minimum atomic E-state index is -0.550. The summed E-state index contributed by atoms with van der Waals surface area (Å²) in [5.74, 6) is 2.36. The fourth-order valence-electron chi connectivity index (χ4n) is 1.33. The maximum Gasteiger partial charge on any atom is 0.0362 e. The average molecular weight is 161 g/mol. The number of hydrogen-bond donors (Lipinski definition) is 0. The summed E-state index contributed by atoms with van der Waals surface area (Å²) >= 11 is 0. The fourth-order valence-corrected chi connectivity index (χ4v) is 2.76. The van der Waals surface area contributed by atoms with Gasteiger partial charge in [-0.3, -0.25) is 4.21 Å². The van der Waals surface area contributed by atoms with E-state index in [1.54, 1.807) is 0 Å². The van der Waals surface area contributed by atoms with Crippen molar-refractivity contribution in [3.8, 4) is 0 Å². The number of rotatable bonds is 0. The molecule has 3 heteroatoms. The van der Waals surface area contributed by atoms with Gasteiger partial charge in [-0.1, -0.05) is 6.92 Å². The van der Waals surface area contributed by atoms with Crippen molar-refractivity contribution in [2.45, 2.75) is 6.92 Å². The number of nitrogens with zero attached hydrogens (tertiary/aromatic N) is 1. The van der Waals surface area contributed by atoms with E-state index in [4.69, 9.17) is 0 Å². The van der Waals surface area contributed by atoms with Gasteiger partial charge in [0.25, 0.3) is 0 Å². The minimum absolute atomic E-state index is 0.550. The second-order valence-electron chi connectivity index (χ2n) is 3.18. The summed E-state index contributed by atoms with van der Waals surface area (Å²) in [5, 5.41) is 0. The molecule has 1 saturated heterocycles. The predicted octanol–water partition coefficient (Wildman–Crippen LogP) is 0.317. The summed E-state index contributed by atoms with van der Waals surface area (Å²) in [6.07, 6.45) is 0. The molecule has 0 radical (unpaired) electrons. The Labute approximate surface area is 65.1 Å². The van der Waals surface area contributed by atoms with Gasteiger partial charge in [-0.05, 0) is 13.0 Å². The van der Waals surface area contributed by atoms with Gasteiger partial charge in [0.1, 0.15) is 0 Å². The van der Waals surface area contributed by atoms with Crippen molar-refractivity contribution in [1.29, 1.82) is 0 Å². The van der Waals surface area contributed by atoms with Crippen LogP contribution in [0.1, 0.15) is 6.92 Å².